The minimum absolute atomic E-state index is 0.0714. The Morgan fingerprint density at radius 1 is 1.35 bits per heavy atom. The van der Waals surface area contributed by atoms with E-state index in [9.17, 15) is 4.79 Å². The fourth-order valence-electron chi connectivity index (χ4n) is 3.97. The summed E-state index contributed by atoms with van der Waals surface area (Å²) in [5.74, 6) is -0.0714. The molecule has 3 rings (SSSR count). The summed E-state index contributed by atoms with van der Waals surface area (Å²) >= 11 is 0. The SMILES string of the molecule is COC(=O)C1CC2[NH2+]CN(C)C2CN1C1CCOCC1. The van der Waals surface area contributed by atoms with E-state index in [-0.39, 0.29) is 12.0 Å². The average molecular weight is 284 g/mol. The normalized spacial score (nSPS) is 36.8. The Bertz CT molecular complexity index is 360. The molecular weight excluding hydrogens is 258 g/mol. The number of nitrogens with two attached hydrogens (primary N) is 1. The molecular formula is C14H26N3O3+. The Labute approximate surface area is 120 Å². The van der Waals surface area contributed by atoms with E-state index in [0.717, 1.165) is 45.7 Å². The van der Waals surface area contributed by atoms with Crippen LogP contribution in [-0.4, -0.2) is 80.5 Å². The summed E-state index contributed by atoms with van der Waals surface area (Å²) in [7, 11) is 3.68. The first kappa shape index (κ1) is 14.3. The van der Waals surface area contributed by atoms with Crippen molar-refractivity contribution in [2.75, 3.05) is 40.6 Å². The van der Waals surface area contributed by atoms with Gasteiger partial charge in [0.05, 0.1) is 13.2 Å². The molecule has 3 heterocycles. The number of hydrogen-bond acceptors (Lipinski definition) is 5. The van der Waals surface area contributed by atoms with Gasteiger partial charge in [-0.3, -0.25) is 9.69 Å². The van der Waals surface area contributed by atoms with Crippen molar-refractivity contribution >= 4 is 5.97 Å². The number of piperidine rings is 1. The van der Waals surface area contributed by atoms with Crippen molar-refractivity contribution in [1.82, 2.24) is 9.80 Å². The predicted molar refractivity (Wildman–Crippen MR) is 73.1 cm³/mol. The van der Waals surface area contributed by atoms with Crippen LogP contribution < -0.4 is 5.32 Å². The lowest BCUT2D eigenvalue weighted by atomic mass is 9.90. The van der Waals surface area contributed by atoms with Gasteiger partial charge in [-0.2, -0.15) is 0 Å². The molecule has 0 amide bonds. The highest BCUT2D eigenvalue weighted by atomic mass is 16.5. The number of quaternary nitrogens is 1. The molecule has 0 saturated carbocycles. The predicted octanol–water partition coefficient (Wildman–Crippen LogP) is -1.38. The van der Waals surface area contributed by atoms with E-state index in [0.29, 0.717) is 18.1 Å². The molecule has 0 spiro atoms. The molecule has 3 atom stereocenters. The molecule has 6 nitrogen and oxygen atoms in total. The zero-order valence-electron chi connectivity index (χ0n) is 12.5. The van der Waals surface area contributed by atoms with Gasteiger partial charge in [-0.15, -0.1) is 0 Å². The van der Waals surface area contributed by atoms with Crippen LogP contribution in [0.1, 0.15) is 19.3 Å². The Kier molecular flexibility index (Phi) is 4.26. The smallest absolute Gasteiger partial charge is 0.323 e. The third kappa shape index (κ3) is 2.57. The number of likely N-dealkylation sites (tertiary alicyclic amines) is 1. The fraction of sp³-hybridized carbons (Fsp3) is 0.929. The highest BCUT2D eigenvalue weighted by Gasteiger charge is 2.48. The number of esters is 1. The Hall–Kier alpha value is -0.690. The lowest BCUT2D eigenvalue weighted by Crippen LogP contribution is -2.89. The zero-order valence-corrected chi connectivity index (χ0v) is 12.5. The molecule has 3 saturated heterocycles. The van der Waals surface area contributed by atoms with Crippen molar-refractivity contribution in [1.29, 1.82) is 0 Å². The summed E-state index contributed by atoms with van der Waals surface area (Å²) < 4.78 is 10.5. The van der Waals surface area contributed by atoms with Crippen LogP contribution in [0.15, 0.2) is 0 Å². The largest absolute Gasteiger partial charge is 0.468 e. The van der Waals surface area contributed by atoms with Crippen molar-refractivity contribution in [2.45, 2.75) is 43.4 Å². The van der Waals surface area contributed by atoms with Crippen molar-refractivity contribution in [3.63, 3.8) is 0 Å². The highest BCUT2D eigenvalue weighted by Crippen LogP contribution is 2.27. The topological polar surface area (TPSA) is 58.6 Å². The maximum absolute atomic E-state index is 12.2. The second kappa shape index (κ2) is 5.97. The lowest BCUT2D eigenvalue weighted by Gasteiger charge is -2.44. The fourth-order valence-corrected chi connectivity index (χ4v) is 3.97. The average Bonchev–Trinajstić information content (AvgIpc) is 2.87. The van der Waals surface area contributed by atoms with Crippen molar-refractivity contribution < 1.29 is 19.6 Å². The molecule has 0 aliphatic carbocycles. The molecule has 3 fully saturated rings. The Balaban J connectivity index is 1.77. The van der Waals surface area contributed by atoms with Crippen LogP contribution in [0.5, 0.6) is 0 Å². The summed E-state index contributed by atoms with van der Waals surface area (Å²) in [4.78, 5) is 17.0. The molecule has 3 unspecified atom stereocenters. The van der Waals surface area contributed by atoms with Gasteiger partial charge < -0.3 is 14.8 Å². The van der Waals surface area contributed by atoms with Crippen LogP contribution >= 0.6 is 0 Å². The van der Waals surface area contributed by atoms with Gasteiger partial charge in [-0.1, -0.05) is 0 Å². The van der Waals surface area contributed by atoms with Crippen LogP contribution in [0.4, 0.5) is 0 Å². The number of ether oxygens (including phenoxy) is 2. The van der Waals surface area contributed by atoms with Crippen LogP contribution in [0.25, 0.3) is 0 Å². The quantitative estimate of drug-likeness (QED) is 0.633. The number of likely N-dealkylation sites (N-methyl/N-ethyl adjacent to an activating group) is 1. The minimum Gasteiger partial charge on any atom is -0.468 e. The van der Waals surface area contributed by atoms with E-state index < -0.39 is 0 Å². The first-order valence-electron chi connectivity index (χ1n) is 7.65. The second-order valence-electron chi connectivity index (χ2n) is 6.22. The van der Waals surface area contributed by atoms with Gasteiger partial charge in [0.25, 0.3) is 0 Å². The van der Waals surface area contributed by atoms with Gasteiger partial charge in [-0.25, -0.2) is 4.90 Å². The van der Waals surface area contributed by atoms with Gasteiger partial charge in [0.1, 0.15) is 18.8 Å². The number of methoxy groups -OCH3 is 1. The summed E-state index contributed by atoms with van der Waals surface area (Å²) in [5.41, 5.74) is 0. The van der Waals surface area contributed by atoms with Crippen LogP contribution in [-0.2, 0) is 14.3 Å². The molecule has 6 heteroatoms. The van der Waals surface area contributed by atoms with Crippen molar-refractivity contribution in [2.24, 2.45) is 0 Å². The molecule has 3 aliphatic rings. The van der Waals surface area contributed by atoms with Gasteiger partial charge in [-0.05, 0) is 19.9 Å². The second-order valence-corrected chi connectivity index (χ2v) is 6.22. The summed E-state index contributed by atoms with van der Waals surface area (Å²) in [6.07, 6.45) is 2.95. The molecule has 114 valence electrons. The minimum atomic E-state index is -0.0768. The van der Waals surface area contributed by atoms with E-state index in [1.807, 2.05) is 0 Å². The maximum Gasteiger partial charge on any atom is 0.323 e. The van der Waals surface area contributed by atoms with Crippen molar-refractivity contribution in [3.8, 4) is 0 Å². The van der Waals surface area contributed by atoms with Crippen LogP contribution in [0.2, 0.25) is 0 Å². The van der Waals surface area contributed by atoms with Crippen molar-refractivity contribution in [3.05, 3.63) is 0 Å². The molecule has 20 heavy (non-hydrogen) atoms. The standard InChI is InChI=1S/C14H25N3O3/c1-16-9-15-11-7-12(14(18)19-2)17(8-13(11)16)10-3-5-20-6-4-10/h10-13,15H,3-9H2,1-2H3/p+1. The first-order valence-corrected chi connectivity index (χ1v) is 7.65. The Morgan fingerprint density at radius 3 is 2.80 bits per heavy atom. The van der Waals surface area contributed by atoms with Gasteiger partial charge in [0.2, 0.25) is 0 Å². The number of carbonyl (C=O) groups excluding carboxylic acids is 1. The molecule has 0 aromatic heterocycles. The van der Waals surface area contributed by atoms with E-state index >= 15 is 0 Å². The molecule has 0 bridgehead atoms. The molecule has 3 aliphatic heterocycles. The van der Waals surface area contributed by atoms with Gasteiger partial charge >= 0.3 is 5.97 Å². The highest BCUT2D eigenvalue weighted by molar-refractivity contribution is 5.76. The first-order chi connectivity index (χ1) is 9.70. The molecule has 0 aromatic carbocycles. The summed E-state index contributed by atoms with van der Waals surface area (Å²) in [6, 6.07) is 1.47. The van der Waals surface area contributed by atoms with E-state index in [4.69, 9.17) is 9.47 Å². The molecule has 0 radical (unpaired) electrons. The number of rotatable bonds is 2. The number of fused-ring (bicyclic) bond motifs is 1. The summed E-state index contributed by atoms with van der Waals surface area (Å²) in [5, 5.41) is 2.36. The van der Waals surface area contributed by atoms with Gasteiger partial charge in [0.15, 0.2) is 0 Å². The number of hydrogen-bond donors (Lipinski definition) is 1. The zero-order chi connectivity index (χ0) is 14.1. The third-order valence-corrected chi connectivity index (χ3v) is 5.18. The molecule has 2 N–H and O–H groups in total. The number of carbonyl (C=O) groups is 1. The summed E-state index contributed by atoms with van der Waals surface area (Å²) in [6.45, 7) is 3.63. The van der Waals surface area contributed by atoms with E-state index in [1.54, 1.807) is 0 Å². The van der Waals surface area contributed by atoms with E-state index in [2.05, 4.69) is 22.2 Å². The third-order valence-electron chi connectivity index (χ3n) is 5.18. The lowest BCUT2D eigenvalue weighted by molar-refractivity contribution is -0.678. The maximum atomic E-state index is 12.2. The monoisotopic (exact) mass is 284 g/mol. The Morgan fingerprint density at radius 2 is 2.10 bits per heavy atom. The van der Waals surface area contributed by atoms with Gasteiger partial charge in [0, 0.05) is 32.2 Å². The number of nitrogens with zero attached hydrogens (tertiary/aromatic N) is 2. The van der Waals surface area contributed by atoms with E-state index in [1.165, 1.54) is 7.11 Å². The van der Waals surface area contributed by atoms with Crippen LogP contribution in [0, 0.1) is 0 Å². The van der Waals surface area contributed by atoms with Crippen LogP contribution in [0.3, 0.4) is 0 Å². The molecule has 0 aromatic rings.